The van der Waals surface area contributed by atoms with Gasteiger partial charge in [-0.2, -0.15) is 0 Å². The summed E-state index contributed by atoms with van der Waals surface area (Å²) in [6.45, 7) is 10.8. The van der Waals surface area contributed by atoms with Crippen LogP contribution in [0.25, 0.3) is 0 Å². The summed E-state index contributed by atoms with van der Waals surface area (Å²) in [6, 6.07) is 0. The van der Waals surface area contributed by atoms with E-state index in [0.717, 1.165) is 0 Å². The van der Waals surface area contributed by atoms with Gasteiger partial charge in [0.05, 0.1) is 6.33 Å². The SMILES string of the molecule is CC(C)(C)[SiH2]OC(C)(C)n1ccnc1. The molecule has 4 heteroatoms. The van der Waals surface area contributed by atoms with Gasteiger partial charge in [0.2, 0.25) is 0 Å². The van der Waals surface area contributed by atoms with E-state index in [1.165, 1.54) is 0 Å². The predicted octanol–water partition coefficient (Wildman–Crippen LogP) is 1.89. The first-order chi connectivity index (χ1) is 6.31. The van der Waals surface area contributed by atoms with Gasteiger partial charge in [0.15, 0.2) is 9.76 Å². The van der Waals surface area contributed by atoms with Gasteiger partial charge in [-0.1, -0.05) is 20.8 Å². The lowest BCUT2D eigenvalue weighted by Gasteiger charge is -2.30. The lowest BCUT2D eigenvalue weighted by atomic mass is 10.3. The molecule has 0 aliphatic heterocycles. The fourth-order valence-corrected chi connectivity index (χ4v) is 1.98. The van der Waals surface area contributed by atoms with Gasteiger partial charge in [-0.25, -0.2) is 4.98 Å². The molecule has 0 aliphatic rings. The maximum atomic E-state index is 6.00. The van der Waals surface area contributed by atoms with Crippen molar-refractivity contribution in [3.63, 3.8) is 0 Å². The van der Waals surface area contributed by atoms with Crippen molar-refractivity contribution >= 4 is 9.76 Å². The zero-order valence-electron chi connectivity index (χ0n) is 9.74. The Morgan fingerprint density at radius 3 is 2.29 bits per heavy atom. The molecule has 14 heavy (non-hydrogen) atoms. The van der Waals surface area contributed by atoms with Crippen LogP contribution in [-0.2, 0) is 10.2 Å². The van der Waals surface area contributed by atoms with Crippen LogP contribution in [0.3, 0.4) is 0 Å². The Hall–Kier alpha value is -0.613. The van der Waals surface area contributed by atoms with Crippen molar-refractivity contribution in [1.82, 2.24) is 9.55 Å². The van der Waals surface area contributed by atoms with Crippen molar-refractivity contribution in [3.8, 4) is 0 Å². The second-order valence-corrected chi connectivity index (χ2v) is 7.96. The molecule has 0 fully saturated rings. The minimum Gasteiger partial charge on any atom is -0.402 e. The molecule has 0 amide bonds. The maximum Gasteiger partial charge on any atom is 0.170 e. The fourth-order valence-electron chi connectivity index (χ4n) is 1.05. The summed E-state index contributed by atoms with van der Waals surface area (Å²) >= 11 is 0. The molecule has 0 N–H and O–H groups in total. The van der Waals surface area contributed by atoms with Gasteiger partial charge < -0.3 is 8.99 Å². The molecule has 0 saturated heterocycles. The summed E-state index contributed by atoms with van der Waals surface area (Å²) in [5, 5.41) is 0.331. The molecule has 0 radical (unpaired) electrons. The van der Waals surface area contributed by atoms with E-state index >= 15 is 0 Å². The van der Waals surface area contributed by atoms with E-state index in [4.69, 9.17) is 4.43 Å². The second kappa shape index (κ2) is 3.86. The number of imidazole rings is 1. The quantitative estimate of drug-likeness (QED) is 0.716. The maximum absolute atomic E-state index is 6.00. The van der Waals surface area contributed by atoms with Gasteiger partial charge in [-0.3, -0.25) is 0 Å². The number of hydrogen-bond donors (Lipinski definition) is 0. The van der Waals surface area contributed by atoms with Gasteiger partial charge in [-0.05, 0) is 18.9 Å². The van der Waals surface area contributed by atoms with E-state index in [9.17, 15) is 0 Å². The molecule has 0 saturated carbocycles. The van der Waals surface area contributed by atoms with Gasteiger partial charge in [-0.15, -0.1) is 0 Å². The molecule has 80 valence electrons. The standard InChI is InChI=1S/C10H20N2OSi/c1-9(2,3)14-13-10(4,5)12-7-6-11-8-12/h6-8H,14H2,1-5H3. The van der Waals surface area contributed by atoms with E-state index in [1.807, 2.05) is 10.8 Å². The Kier molecular flexibility index (Phi) is 3.16. The van der Waals surface area contributed by atoms with Crippen molar-refractivity contribution < 1.29 is 4.43 Å². The second-order valence-electron chi connectivity index (χ2n) is 5.27. The molecule has 0 spiro atoms. The Labute approximate surface area is 88.4 Å². The summed E-state index contributed by atoms with van der Waals surface area (Å²) < 4.78 is 8.01. The van der Waals surface area contributed by atoms with Crippen molar-refractivity contribution in [2.24, 2.45) is 0 Å². The molecule has 1 rings (SSSR count). The Morgan fingerprint density at radius 2 is 1.86 bits per heavy atom. The fraction of sp³-hybridized carbons (Fsp3) is 0.700. The van der Waals surface area contributed by atoms with Crippen LogP contribution < -0.4 is 0 Å². The van der Waals surface area contributed by atoms with Crippen LogP contribution >= 0.6 is 0 Å². The van der Waals surface area contributed by atoms with Crippen LogP contribution in [-0.4, -0.2) is 19.3 Å². The van der Waals surface area contributed by atoms with E-state index in [-0.39, 0.29) is 5.72 Å². The monoisotopic (exact) mass is 212 g/mol. The van der Waals surface area contributed by atoms with E-state index in [1.54, 1.807) is 12.5 Å². The number of hydrogen-bond acceptors (Lipinski definition) is 2. The first-order valence-electron chi connectivity index (χ1n) is 4.94. The minimum atomic E-state index is -0.525. The summed E-state index contributed by atoms with van der Waals surface area (Å²) in [5.41, 5.74) is -0.254. The van der Waals surface area contributed by atoms with Crippen molar-refractivity contribution in [3.05, 3.63) is 18.7 Å². The highest BCUT2D eigenvalue weighted by Crippen LogP contribution is 2.25. The van der Waals surface area contributed by atoms with Crippen molar-refractivity contribution in [2.45, 2.75) is 45.4 Å². The van der Waals surface area contributed by atoms with E-state index < -0.39 is 9.76 Å². The lowest BCUT2D eigenvalue weighted by molar-refractivity contribution is 0.0302. The highest BCUT2D eigenvalue weighted by Gasteiger charge is 2.23. The Morgan fingerprint density at radius 1 is 1.21 bits per heavy atom. The number of nitrogens with zero attached hydrogens (tertiary/aromatic N) is 2. The number of rotatable bonds is 3. The zero-order chi connectivity index (χ0) is 10.8. The highest BCUT2D eigenvalue weighted by atomic mass is 28.2. The third-order valence-corrected chi connectivity index (χ3v) is 3.70. The Bertz CT molecular complexity index is 275. The molecule has 3 nitrogen and oxygen atoms in total. The summed E-state index contributed by atoms with van der Waals surface area (Å²) in [4.78, 5) is 4.03. The van der Waals surface area contributed by atoms with Crippen LogP contribution in [0.2, 0.25) is 5.04 Å². The van der Waals surface area contributed by atoms with Crippen LogP contribution in [0.15, 0.2) is 18.7 Å². The van der Waals surface area contributed by atoms with Crippen molar-refractivity contribution in [2.75, 3.05) is 0 Å². The summed E-state index contributed by atoms with van der Waals surface area (Å²) in [7, 11) is -0.525. The third-order valence-electron chi connectivity index (χ3n) is 1.98. The molecule has 1 heterocycles. The largest absolute Gasteiger partial charge is 0.402 e. The van der Waals surface area contributed by atoms with E-state index in [0.29, 0.717) is 5.04 Å². The average molecular weight is 212 g/mol. The smallest absolute Gasteiger partial charge is 0.170 e. The molecule has 1 aromatic heterocycles. The molecule has 0 aliphatic carbocycles. The van der Waals surface area contributed by atoms with Crippen LogP contribution in [0.5, 0.6) is 0 Å². The molecule has 1 aromatic rings. The molecule has 0 atom stereocenters. The third kappa shape index (κ3) is 3.27. The van der Waals surface area contributed by atoms with Gasteiger partial charge in [0.25, 0.3) is 0 Å². The van der Waals surface area contributed by atoms with Gasteiger partial charge >= 0.3 is 0 Å². The summed E-state index contributed by atoms with van der Waals surface area (Å²) in [6.07, 6.45) is 5.53. The minimum absolute atomic E-state index is 0.254. The van der Waals surface area contributed by atoms with Crippen LogP contribution in [0.4, 0.5) is 0 Å². The lowest BCUT2D eigenvalue weighted by Crippen LogP contribution is -2.32. The van der Waals surface area contributed by atoms with E-state index in [2.05, 4.69) is 39.6 Å². The molecular formula is C10H20N2OSi. The molecule has 0 bridgehead atoms. The van der Waals surface area contributed by atoms with Crippen molar-refractivity contribution in [1.29, 1.82) is 0 Å². The first kappa shape index (κ1) is 11.5. The molecule has 0 aromatic carbocycles. The first-order valence-corrected chi connectivity index (χ1v) is 6.22. The predicted molar refractivity (Wildman–Crippen MR) is 60.9 cm³/mol. The highest BCUT2D eigenvalue weighted by molar-refractivity contribution is 6.31. The summed E-state index contributed by atoms with van der Waals surface area (Å²) in [5.74, 6) is 0. The van der Waals surface area contributed by atoms with Crippen LogP contribution in [0, 0.1) is 0 Å². The topological polar surface area (TPSA) is 27.1 Å². The van der Waals surface area contributed by atoms with Gasteiger partial charge in [0, 0.05) is 12.4 Å². The zero-order valence-corrected chi connectivity index (χ0v) is 11.2. The average Bonchev–Trinajstić information content (AvgIpc) is 2.52. The number of aromatic nitrogens is 2. The Balaban J connectivity index is 2.59. The molecule has 0 unspecified atom stereocenters. The van der Waals surface area contributed by atoms with Crippen LogP contribution in [0.1, 0.15) is 34.6 Å². The molecular weight excluding hydrogens is 192 g/mol. The normalized spacial score (nSPS) is 14.1. The van der Waals surface area contributed by atoms with Gasteiger partial charge in [0.1, 0.15) is 5.72 Å².